The predicted molar refractivity (Wildman–Crippen MR) is 52.8 cm³/mol. The molecule has 0 atom stereocenters. The van der Waals surface area contributed by atoms with Gasteiger partial charge in [-0.15, -0.1) is 0 Å². The number of hydrogen-bond donors (Lipinski definition) is 0. The third-order valence-electron chi connectivity index (χ3n) is 2.33. The molecule has 1 aromatic heterocycles. The molecular weight excluding hydrogens is 162 g/mol. The Bertz CT molecular complexity index is 429. The summed E-state index contributed by atoms with van der Waals surface area (Å²) in [4.78, 5) is 4.14. The fourth-order valence-corrected chi connectivity index (χ4v) is 1.77. The average Bonchev–Trinajstić information content (AvgIpc) is 2.50. The second-order valence-electron chi connectivity index (χ2n) is 3.65. The lowest BCUT2D eigenvalue weighted by Crippen LogP contribution is -1.92. The summed E-state index contributed by atoms with van der Waals surface area (Å²) in [5, 5.41) is 0. The molecule has 13 heavy (non-hydrogen) atoms. The number of aryl methyl sites for hydroxylation is 1. The Balaban J connectivity index is 2.80. The van der Waals surface area contributed by atoms with E-state index in [9.17, 15) is 0 Å². The van der Waals surface area contributed by atoms with Gasteiger partial charge in [0.25, 0.3) is 0 Å². The number of benzene rings is 1. The minimum atomic E-state index is 0.483. The van der Waals surface area contributed by atoms with Gasteiger partial charge in [0.2, 0.25) is 0 Å². The Kier molecular flexibility index (Phi) is 1.83. The lowest BCUT2D eigenvalue weighted by Gasteiger charge is -2.08. The van der Waals surface area contributed by atoms with E-state index < -0.39 is 0 Å². The first-order valence-corrected chi connectivity index (χ1v) is 4.53. The fourth-order valence-electron chi connectivity index (χ4n) is 1.77. The van der Waals surface area contributed by atoms with E-state index in [1.807, 2.05) is 6.07 Å². The van der Waals surface area contributed by atoms with Crippen LogP contribution in [0.1, 0.15) is 30.9 Å². The molecule has 0 N–H and O–H groups in total. The van der Waals surface area contributed by atoms with Gasteiger partial charge in [-0.25, -0.2) is 4.98 Å². The van der Waals surface area contributed by atoms with Crippen LogP contribution < -0.4 is 0 Å². The molecule has 1 aromatic carbocycles. The van der Waals surface area contributed by atoms with Crippen molar-refractivity contribution in [3.8, 4) is 0 Å². The Morgan fingerprint density at radius 1 is 1.31 bits per heavy atom. The van der Waals surface area contributed by atoms with Gasteiger partial charge in [-0.1, -0.05) is 19.9 Å². The summed E-state index contributed by atoms with van der Waals surface area (Å²) in [6.45, 7) is 6.45. The Labute approximate surface area is 77.6 Å². The summed E-state index contributed by atoms with van der Waals surface area (Å²) >= 11 is 0. The van der Waals surface area contributed by atoms with Crippen LogP contribution in [0.2, 0.25) is 0 Å². The second-order valence-corrected chi connectivity index (χ2v) is 3.65. The van der Waals surface area contributed by atoms with Crippen molar-refractivity contribution < 1.29 is 4.42 Å². The number of aromatic nitrogens is 1. The summed E-state index contributed by atoms with van der Waals surface area (Å²) in [5.41, 5.74) is 4.44. The molecule has 2 nitrogen and oxygen atoms in total. The zero-order valence-corrected chi connectivity index (χ0v) is 8.16. The SMILES string of the molecule is Cc1ccc2ncoc2c1C(C)C. The number of fused-ring (bicyclic) bond motifs is 1. The first kappa shape index (κ1) is 8.30. The molecule has 0 amide bonds. The number of hydrogen-bond acceptors (Lipinski definition) is 2. The van der Waals surface area contributed by atoms with Crippen molar-refractivity contribution in [3.05, 3.63) is 29.7 Å². The zero-order valence-electron chi connectivity index (χ0n) is 8.16. The van der Waals surface area contributed by atoms with Gasteiger partial charge in [-0.3, -0.25) is 0 Å². The molecule has 2 heteroatoms. The first-order chi connectivity index (χ1) is 6.20. The van der Waals surface area contributed by atoms with Crippen LogP contribution in [0, 0.1) is 6.92 Å². The van der Waals surface area contributed by atoms with Gasteiger partial charge in [0.1, 0.15) is 5.52 Å². The second kappa shape index (κ2) is 2.87. The smallest absolute Gasteiger partial charge is 0.181 e. The van der Waals surface area contributed by atoms with E-state index in [1.165, 1.54) is 17.5 Å². The maximum Gasteiger partial charge on any atom is 0.181 e. The molecule has 1 heterocycles. The molecule has 68 valence electrons. The minimum absolute atomic E-state index is 0.483. The van der Waals surface area contributed by atoms with Gasteiger partial charge in [0.15, 0.2) is 12.0 Å². The van der Waals surface area contributed by atoms with Crippen molar-refractivity contribution in [1.29, 1.82) is 0 Å². The van der Waals surface area contributed by atoms with Crippen molar-refractivity contribution in [2.75, 3.05) is 0 Å². The highest BCUT2D eigenvalue weighted by Crippen LogP contribution is 2.27. The lowest BCUT2D eigenvalue weighted by molar-refractivity contribution is 0.594. The van der Waals surface area contributed by atoms with Crippen LogP contribution in [0.15, 0.2) is 22.9 Å². The summed E-state index contributed by atoms with van der Waals surface area (Å²) in [6, 6.07) is 4.10. The van der Waals surface area contributed by atoms with E-state index in [0.717, 1.165) is 11.1 Å². The van der Waals surface area contributed by atoms with Crippen LogP contribution in [0.5, 0.6) is 0 Å². The van der Waals surface area contributed by atoms with E-state index in [2.05, 4.69) is 31.8 Å². The highest BCUT2D eigenvalue weighted by atomic mass is 16.3. The molecule has 0 unspecified atom stereocenters. The topological polar surface area (TPSA) is 26.0 Å². The molecular formula is C11H13NO. The van der Waals surface area contributed by atoms with E-state index in [4.69, 9.17) is 4.42 Å². The van der Waals surface area contributed by atoms with Crippen LogP contribution in [0.4, 0.5) is 0 Å². The fraction of sp³-hybridized carbons (Fsp3) is 0.364. The van der Waals surface area contributed by atoms with E-state index in [-0.39, 0.29) is 0 Å². The average molecular weight is 175 g/mol. The van der Waals surface area contributed by atoms with Crippen LogP contribution >= 0.6 is 0 Å². The predicted octanol–water partition coefficient (Wildman–Crippen LogP) is 3.26. The quantitative estimate of drug-likeness (QED) is 0.664. The summed E-state index contributed by atoms with van der Waals surface area (Å²) in [7, 11) is 0. The Morgan fingerprint density at radius 3 is 2.77 bits per heavy atom. The highest BCUT2D eigenvalue weighted by Gasteiger charge is 2.11. The van der Waals surface area contributed by atoms with Crippen molar-refractivity contribution in [1.82, 2.24) is 4.98 Å². The normalized spacial score (nSPS) is 11.4. The zero-order chi connectivity index (χ0) is 9.42. The summed E-state index contributed by atoms with van der Waals surface area (Å²) < 4.78 is 5.38. The van der Waals surface area contributed by atoms with Crippen LogP contribution in [-0.2, 0) is 0 Å². The van der Waals surface area contributed by atoms with E-state index in [1.54, 1.807) is 0 Å². The van der Waals surface area contributed by atoms with E-state index in [0.29, 0.717) is 5.92 Å². The lowest BCUT2D eigenvalue weighted by atomic mass is 9.97. The number of oxazole rings is 1. The molecule has 2 aromatic rings. The summed E-state index contributed by atoms with van der Waals surface area (Å²) in [6.07, 6.45) is 1.51. The third-order valence-corrected chi connectivity index (χ3v) is 2.33. The van der Waals surface area contributed by atoms with Gasteiger partial charge >= 0.3 is 0 Å². The molecule has 2 rings (SSSR count). The van der Waals surface area contributed by atoms with Crippen LogP contribution in [-0.4, -0.2) is 4.98 Å². The summed E-state index contributed by atoms with van der Waals surface area (Å²) in [5.74, 6) is 0.483. The number of nitrogens with zero attached hydrogens (tertiary/aromatic N) is 1. The van der Waals surface area contributed by atoms with Crippen molar-refractivity contribution in [3.63, 3.8) is 0 Å². The van der Waals surface area contributed by atoms with Gasteiger partial charge < -0.3 is 4.42 Å². The third kappa shape index (κ3) is 1.22. The van der Waals surface area contributed by atoms with Gasteiger partial charge in [-0.2, -0.15) is 0 Å². The molecule has 0 saturated carbocycles. The molecule has 0 spiro atoms. The molecule has 0 aliphatic rings. The van der Waals surface area contributed by atoms with Crippen molar-refractivity contribution in [2.24, 2.45) is 0 Å². The van der Waals surface area contributed by atoms with E-state index >= 15 is 0 Å². The Hall–Kier alpha value is -1.31. The molecule has 0 aliphatic heterocycles. The Morgan fingerprint density at radius 2 is 2.08 bits per heavy atom. The van der Waals surface area contributed by atoms with Gasteiger partial charge in [0, 0.05) is 5.56 Å². The largest absolute Gasteiger partial charge is 0.443 e. The van der Waals surface area contributed by atoms with Gasteiger partial charge in [-0.05, 0) is 24.5 Å². The molecule has 0 saturated heterocycles. The maximum atomic E-state index is 5.38. The molecule has 0 bridgehead atoms. The maximum absolute atomic E-state index is 5.38. The van der Waals surface area contributed by atoms with Crippen LogP contribution in [0.3, 0.4) is 0 Å². The molecule has 0 fully saturated rings. The highest BCUT2D eigenvalue weighted by molar-refractivity contribution is 5.77. The van der Waals surface area contributed by atoms with Gasteiger partial charge in [0.05, 0.1) is 0 Å². The van der Waals surface area contributed by atoms with Crippen LogP contribution in [0.25, 0.3) is 11.1 Å². The first-order valence-electron chi connectivity index (χ1n) is 4.53. The number of rotatable bonds is 1. The van der Waals surface area contributed by atoms with Crippen molar-refractivity contribution >= 4 is 11.1 Å². The monoisotopic (exact) mass is 175 g/mol. The van der Waals surface area contributed by atoms with Crippen molar-refractivity contribution in [2.45, 2.75) is 26.7 Å². The molecule has 0 aliphatic carbocycles. The minimum Gasteiger partial charge on any atom is -0.443 e. The molecule has 0 radical (unpaired) electrons. The standard InChI is InChI=1S/C11H13NO/c1-7(2)10-8(3)4-5-9-11(10)13-6-12-9/h4-7H,1-3H3.